The number of hydrogen-bond donors (Lipinski definition) is 2. The maximum atomic E-state index is 12.4. The van der Waals surface area contributed by atoms with Crippen LogP contribution in [0.1, 0.15) is 5.56 Å². The van der Waals surface area contributed by atoms with Gasteiger partial charge in [0.25, 0.3) is 5.91 Å². The zero-order chi connectivity index (χ0) is 16.9. The van der Waals surface area contributed by atoms with Gasteiger partial charge in [0.15, 0.2) is 0 Å². The summed E-state index contributed by atoms with van der Waals surface area (Å²) in [5, 5.41) is 0. The zero-order valence-corrected chi connectivity index (χ0v) is 12.7. The van der Waals surface area contributed by atoms with Gasteiger partial charge in [-0.3, -0.25) is 9.59 Å². The molecule has 2 amide bonds. The van der Waals surface area contributed by atoms with Crippen LogP contribution >= 0.6 is 0 Å². The van der Waals surface area contributed by atoms with Gasteiger partial charge >= 0.3 is 5.91 Å². The van der Waals surface area contributed by atoms with E-state index in [1.165, 1.54) is 0 Å². The number of fused-ring (bicyclic) bond motifs is 1. The van der Waals surface area contributed by atoms with Gasteiger partial charge in [0.1, 0.15) is 11.9 Å². The first-order valence-corrected chi connectivity index (χ1v) is 7.47. The van der Waals surface area contributed by atoms with Crippen LogP contribution in [0.25, 0.3) is 5.70 Å². The molecule has 0 saturated heterocycles. The summed E-state index contributed by atoms with van der Waals surface area (Å²) in [5.41, 5.74) is 11.7. The Morgan fingerprint density at radius 3 is 2.33 bits per heavy atom. The van der Waals surface area contributed by atoms with Crippen LogP contribution < -0.4 is 11.5 Å². The second kappa shape index (κ2) is 4.62. The van der Waals surface area contributed by atoms with E-state index in [0.717, 1.165) is 5.56 Å². The summed E-state index contributed by atoms with van der Waals surface area (Å²) in [6, 6.07) is 9.28. The quantitative estimate of drug-likeness (QED) is 0.638. The molecule has 0 aromatic heterocycles. The number of carbonyl (C=O) groups is 2. The molecular formula is C18H15N4O2+. The molecule has 0 bridgehead atoms. The number of hydrogen-bond acceptors (Lipinski definition) is 3. The van der Waals surface area contributed by atoms with Crippen LogP contribution in [0.3, 0.4) is 0 Å². The summed E-state index contributed by atoms with van der Waals surface area (Å²) in [7, 11) is 0. The van der Waals surface area contributed by atoms with E-state index < -0.39 is 17.4 Å². The molecule has 2 aliphatic heterocycles. The second-order valence-electron chi connectivity index (χ2n) is 5.84. The molecule has 24 heavy (non-hydrogen) atoms. The lowest BCUT2D eigenvalue weighted by Gasteiger charge is -2.38. The fraction of sp³-hybridized carbons (Fsp3) is 0.0556. The highest BCUT2D eigenvalue weighted by atomic mass is 16.2. The van der Waals surface area contributed by atoms with Gasteiger partial charge in [-0.25, -0.2) is 0 Å². The first-order valence-electron chi connectivity index (χ1n) is 7.47. The van der Waals surface area contributed by atoms with Crippen molar-refractivity contribution in [3.05, 3.63) is 78.2 Å². The van der Waals surface area contributed by atoms with E-state index in [1.54, 1.807) is 36.6 Å². The minimum absolute atomic E-state index is 0.210. The van der Waals surface area contributed by atoms with E-state index >= 15 is 0 Å². The molecule has 1 aliphatic carbocycles. The number of primary amides is 2. The van der Waals surface area contributed by atoms with E-state index in [4.69, 9.17) is 11.5 Å². The van der Waals surface area contributed by atoms with Crippen LogP contribution in [-0.2, 0) is 9.59 Å². The Kier molecular flexibility index (Phi) is 2.76. The molecule has 0 radical (unpaired) electrons. The summed E-state index contributed by atoms with van der Waals surface area (Å²) in [4.78, 5) is 29.2. The van der Waals surface area contributed by atoms with Gasteiger partial charge in [-0.15, -0.1) is 0 Å². The summed E-state index contributed by atoms with van der Waals surface area (Å²) >= 11 is 0. The number of amides is 2. The van der Waals surface area contributed by atoms with Gasteiger partial charge in [-0.1, -0.05) is 30.3 Å². The lowest BCUT2D eigenvalue weighted by molar-refractivity contribution is -0.763. The Morgan fingerprint density at radius 1 is 1.04 bits per heavy atom. The van der Waals surface area contributed by atoms with Crippen molar-refractivity contribution < 1.29 is 14.1 Å². The van der Waals surface area contributed by atoms with Crippen LogP contribution in [-0.4, -0.2) is 27.7 Å². The third-order valence-electron chi connectivity index (χ3n) is 4.57. The molecule has 4 rings (SSSR count). The molecule has 6 nitrogen and oxygen atoms in total. The molecule has 1 atom stereocenters. The van der Waals surface area contributed by atoms with Crippen LogP contribution in [0.5, 0.6) is 0 Å². The molecule has 2 heterocycles. The lowest BCUT2D eigenvalue weighted by Crippen LogP contribution is -2.63. The first-order chi connectivity index (χ1) is 11.5. The number of amidine groups is 1. The van der Waals surface area contributed by atoms with E-state index in [9.17, 15) is 9.59 Å². The number of quaternary nitrogens is 1. The van der Waals surface area contributed by atoms with Crippen molar-refractivity contribution >= 4 is 23.3 Å². The lowest BCUT2D eigenvalue weighted by atomic mass is 10.0. The Balaban J connectivity index is 2.03. The topological polar surface area (TPSA) is 98.5 Å². The van der Waals surface area contributed by atoms with Gasteiger partial charge in [0.2, 0.25) is 17.1 Å². The van der Waals surface area contributed by atoms with Crippen molar-refractivity contribution in [2.45, 2.75) is 5.54 Å². The van der Waals surface area contributed by atoms with Crippen LogP contribution in [0.15, 0.2) is 77.6 Å². The van der Waals surface area contributed by atoms with Crippen molar-refractivity contribution in [2.75, 3.05) is 0 Å². The van der Waals surface area contributed by atoms with E-state index in [0.29, 0.717) is 11.5 Å². The minimum Gasteiger partial charge on any atom is -0.364 e. The molecular weight excluding hydrogens is 304 g/mol. The highest BCUT2D eigenvalue weighted by Gasteiger charge is 2.67. The number of allylic oxidation sites excluding steroid dienone is 2. The summed E-state index contributed by atoms with van der Waals surface area (Å²) in [6.07, 6.45) is 10.4. The molecule has 118 valence electrons. The molecule has 1 aromatic rings. The highest BCUT2D eigenvalue weighted by molar-refractivity contribution is 6.11. The predicted octanol–water partition coefficient (Wildman–Crippen LogP) is 0.947. The first kappa shape index (κ1) is 14.3. The number of aliphatic imine (C=N–C) groups is 1. The third kappa shape index (κ3) is 1.60. The highest BCUT2D eigenvalue weighted by Crippen LogP contribution is 2.50. The summed E-state index contributed by atoms with van der Waals surface area (Å²) in [5.74, 6) is -0.654. The van der Waals surface area contributed by atoms with Gasteiger partial charge in [0, 0.05) is 11.6 Å². The maximum absolute atomic E-state index is 12.4. The molecule has 0 spiro atoms. The second-order valence-corrected chi connectivity index (χ2v) is 5.84. The largest absolute Gasteiger partial charge is 0.364 e. The molecule has 0 saturated carbocycles. The van der Waals surface area contributed by atoms with Crippen LogP contribution in [0, 0.1) is 0 Å². The van der Waals surface area contributed by atoms with Gasteiger partial charge < -0.3 is 11.5 Å². The number of rotatable bonds is 4. The zero-order valence-electron chi connectivity index (χ0n) is 12.7. The van der Waals surface area contributed by atoms with Gasteiger partial charge in [0.05, 0.1) is 0 Å². The normalized spacial score (nSPS) is 25.4. The maximum Gasteiger partial charge on any atom is 0.306 e. The number of nitrogens with zero attached hydrogens (tertiary/aromatic N) is 2. The SMILES string of the molecule is NC(=O)C1=C(c2ccccc2)N=C2C=CC=C[N+]21C1(C(N)=O)C=C1. The van der Waals surface area contributed by atoms with Crippen molar-refractivity contribution in [1.29, 1.82) is 0 Å². The van der Waals surface area contributed by atoms with E-state index in [2.05, 4.69) is 4.99 Å². The fourth-order valence-electron chi connectivity index (χ4n) is 3.39. The molecule has 6 heteroatoms. The fourth-order valence-corrected chi connectivity index (χ4v) is 3.39. The van der Waals surface area contributed by atoms with Crippen molar-refractivity contribution in [2.24, 2.45) is 16.5 Å². The van der Waals surface area contributed by atoms with Crippen LogP contribution in [0.2, 0.25) is 0 Å². The monoisotopic (exact) mass is 319 g/mol. The Labute approximate surface area is 138 Å². The Bertz CT molecular complexity index is 916. The molecule has 4 N–H and O–H groups in total. The molecule has 3 aliphatic rings. The smallest absolute Gasteiger partial charge is 0.306 e. The third-order valence-corrected chi connectivity index (χ3v) is 4.57. The minimum atomic E-state index is -1.14. The van der Waals surface area contributed by atoms with Gasteiger partial charge in [-0.2, -0.15) is 9.48 Å². The van der Waals surface area contributed by atoms with Crippen molar-refractivity contribution in [1.82, 2.24) is 0 Å². The Hall–Kier alpha value is -3.25. The molecule has 1 unspecified atom stereocenters. The average Bonchev–Trinajstić information content (AvgIpc) is 3.32. The van der Waals surface area contributed by atoms with Crippen LogP contribution in [0.4, 0.5) is 0 Å². The van der Waals surface area contributed by atoms with Crippen molar-refractivity contribution in [3.8, 4) is 0 Å². The average molecular weight is 319 g/mol. The number of carbonyl (C=O) groups excluding carboxylic acids is 2. The number of nitrogens with two attached hydrogens (primary N) is 2. The standard InChI is InChI=1S/C18H14N4O2/c19-16(23)15-14(12-6-2-1-3-7-12)21-13-8-4-5-11-22(13,15)18(9-10-18)17(20)24/h1-11H,(H3-,19,20,23,24)/p+1. The van der Waals surface area contributed by atoms with E-state index in [-0.39, 0.29) is 10.2 Å². The Morgan fingerprint density at radius 2 is 1.75 bits per heavy atom. The number of benzene rings is 1. The summed E-state index contributed by atoms with van der Waals surface area (Å²) < 4.78 is -0.210. The summed E-state index contributed by atoms with van der Waals surface area (Å²) in [6.45, 7) is 0. The van der Waals surface area contributed by atoms with Crippen molar-refractivity contribution in [3.63, 3.8) is 0 Å². The predicted molar refractivity (Wildman–Crippen MR) is 89.6 cm³/mol. The van der Waals surface area contributed by atoms with Gasteiger partial charge in [-0.05, 0) is 24.3 Å². The van der Waals surface area contributed by atoms with E-state index in [1.807, 2.05) is 30.3 Å². The molecule has 1 aromatic carbocycles. The molecule has 0 fully saturated rings.